The van der Waals surface area contributed by atoms with E-state index in [1.54, 1.807) is 0 Å². The molecule has 1 amide bonds. The largest absolute Gasteiger partial charge is 0.343 e. The molecule has 0 aliphatic carbocycles. The summed E-state index contributed by atoms with van der Waals surface area (Å²) in [5, 5.41) is 7.74. The number of hydrogen-bond acceptors (Lipinski definition) is 3. The molecule has 1 aromatic heterocycles. The van der Waals surface area contributed by atoms with Crippen LogP contribution in [0.15, 0.2) is 12.4 Å². The third kappa shape index (κ3) is 3.69. The van der Waals surface area contributed by atoms with Crippen molar-refractivity contribution >= 4 is 5.91 Å². The fraction of sp³-hybridized carbons (Fsp3) is 0.765. The van der Waals surface area contributed by atoms with Crippen molar-refractivity contribution in [2.45, 2.75) is 51.5 Å². The molecule has 0 spiro atoms. The van der Waals surface area contributed by atoms with Gasteiger partial charge in [0.25, 0.3) is 0 Å². The van der Waals surface area contributed by atoms with Gasteiger partial charge < -0.3 is 10.2 Å². The number of carbonyl (C=O) groups is 1. The van der Waals surface area contributed by atoms with Crippen LogP contribution >= 0.6 is 0 Å². The zero-order chi connectivity index (χ0) is 15.4. The van der Waals surface area contributed by atoms with E-state index in [1.807, 2.05) is 10.9 Å². The van der Waals surface area contributed by atoms with Gasteiger partial charge in [0.15, 0.2) is 0 Å². The molecular weight excluding hydrogens is 276 g/mol. The molecule has 1 atom stereocenters. The first-order valence-electron chi connectivity index (χ1n) is 8.77. The second kappa shape index (κ2) is 7.27. The van der Waals surface area contributed by atoms with Crippen molar-refractivity contribution in [1.29, 1.82) is 0 Å². The Hall–Kier alpha value is -1.36. The van der Waals surface area contributed by atoms with E-state index in [1.165, 1.54) is 12.0 Å². The van der Waals surface area contributed by atoms with E-state index in [0.717, 1.165) is 58.4 Å². The summed E-state index contributed by atoms with van der Waals surface area (Å²) in [6.45, 7) is 7.06. The first kappa shape index (κ1) is 15.5. The van der Waals surface area contributed by atoms with Crippen LogP contribution in [0.4, 0.5) is 0 Å². The Balaban J connectivity index is 1.43. The highest BCUT2D eigenvalue weighted by Gasteiger charge is 2.25. The summed E-state index contributed by atoms with van der Waals surface area (Å²) in [5.41, 5.74) is 1.34. The minimum absolute atomic E-state index is 0.356. The number of piperidine rings is 1. The van der Waals surface area contributed by atoms with Crippen LogP contribution in [0.2, 0.25) is 0 Å². The Morgan fingerprint density at radius 1 is 1.36 bits per heavy atom. The van der Waals surface area contributed by atoms with Crippen LogP contribution in [0.25, 0.3) is 0 Å². The molecular formula is C17H28N4O. The molecule has 1 N–H and O–H groups in total. The SMILES string of the molecule is CCn1cc(C2CCN(C(=O)CCC3CCNC3)CC2)cn1. The summed E-state index contributed by atoms with van der Waals surface area (Å²) in [6, 6.07) is 0. The van der Waals surface area contributed by atoms with Gasteiger partial charge in [0.05, 0.1) is 6.20 Å². The van der Waals surface area contributed by atoms with E-state index in [-0.39, 0.29) is 0 Å². The molecule has 5 nitrogen and oxygen atoms in total. The first-order valence-corrected chi connectivity index (χ1v) is 8.77. The van der Waals surface area contributed by atoms with Gasteiger partial charge in [0.1, 0.15) is 0 Å². The van der Waals surface area contributed by atoms with Crippen LogP contribution in [0.1, 0.15) is 50.5 Å². The van der Waals surface area contributed by atoms with E-state index in [9.17, 15) is 4.79 Å². The molecule has 3 rings (SSSR count). The van der Waals surface area contributed by atoms with E-state index < -0.39 is 0 Å². The summed E-state index contributed by atoms with van der Waals surface area (Å²) in [7, 11) is 0. The lowest BCUT2D eigenvalue weighted by Crippen LogP contribution is -2.38. The lowest BCUT2D eigenvalue weighted by atomic mass is 9.91. The molecule has 0 radical (unpaired) electrons. The number of nitrogens with one attached hydrogen (secondary N) is 1. The predicted octanol–water partition coefficient (Wildman–Crippen LogP) is 2.00. The van der Waals surface area contributed by atoms with Gasteiger partial charge in [-0.05, 0) is 63.1 Å². The molecule has 1 unspecified atom stereocenters. The second-order valence-electron chi connectivity index (χ2n) is 6.68. The molecule has 2 saturated heterocycles. The third-order valence-corrected chi connectivity index (χ3v) is 5.23. The topological polar surface area (TPSA) is 50.2 Å². The van der Waals surface area contributed by atoms with Crippen LogP contribution in [-0.2, 0) is 11.3 Å². The Bertz CT molecular complexity index is 485. The van der Waals surface area contributed by atoms with E-state index >= 15 is 0 Å². The maximum absolute atomic E-state index is 12.3. The highest BCUT2D eigenvalue weighted by Crippen LogP contribution is 2.28. The van der Waals surface area contributed by atoms with Crippen LogP contribution in [0, 0.1) is 5.92 Å². The zero-order valence-electron chi connectivity index (χ0n) is 13.6. The van der Waals surface area contributed by atoms with E-state index in [2.05, 4.69) is 28.4 Å². The maximum Gasteiger partial charge on any atom is 0.222 e. The Labute approximate surface area is 133 Å². The molecule has 0 bridgehead atoms. The number of aromatic nitrogens is 2. The predicted molar refractivity (Wildman–Crippen MR) is 86.7 cm³/mol. The summed E-state index contributed by atoms with van der Waals surface area (Å²) >= 11 is 0. The maximum atomic E-state index is 12.3. The number of aryl methyl sites for hydroxylation is 1. The van der Waals surface area contributed by atoms with Gasteiger partial charge in [-0.25, -0.2) is 0 Å². The van der Waals surface area contributed by atoms with Crippen molar-refractivity contribution < 1.29 is 4.79 Å². The van der Waals surface area contributed by atoms with Gasteiger partial charge in [-0.2, -0.15) is 5.10 Å². The molecule has 0 aromatic carbocycles. The summed E-state index contributed by atoms with van der Waals surface area (Å²) < 4.78 is 1.99. The van der Waals surface area contributed by atoms with E-state index in [0.29, 0.717) is 17.7 Å². The molecule has 2 fully saturated rings. The van der Waals surface area contributed by atoms with Crippen molar-refractivity contribution in [3.63, 3.8) is 0 Å². The molecule has 5 heteroatoms. The normalized spacial score (nSPS) is 23.1. The number of amides is 1. The molecule has 122 valence electrons. The van der Waals surface area contributed by atoms with Crippen molar-refractivity contribution in [3.8, 4) is 0 Å². The minimum atomic E-state index is 0.356. The quantitative estimate of drug-likeness (QED) is 0.905. The fourth-order valence-corrected chi connectivity index (χ4v) is 3.67. The molecule has 3 heterocycles. The highest BCUT2D eigenvalue weighted by molar-refractivity contribution is 5.76. The van der Waals surface area contributed by atoms with Crippen molar-refractivity contribution in [2.24, 2.45) is 5.92 Å². The van der Waals surface area contributed by atoms with Crippen LogP contribution in [0.5, 0.6) is 0 Å². The number of rotatable bonds is 5. The van der Waals surface area contributed by atoms with Gasteiger partial charge in [0.2, 0.25) is 5.91 Å². The number of nitrogens with zero attached hydrogens (tertiary/aromatic N) is 3. The summed E-state index contributed by atoms with van der Waals surface area (Å²) in [6.07, 6.45) is 9.32. The first-order chi connectivity index (χ1) is 10.8. The zero-order valence-corrected chi connectivity index (χ0v) is 13.6. The minimum Gasteiger partial charge on any atom is -0.343 e. The van der Waals surface area contributed by atoms with Gasteiger partial charge in [0, 0.05) is 32.3 Å². The number of likely N-dealkylation sites (tertiary alicyclic amines) is 1. The van der Waals surface area contributed by atoms with Crippen molar-refractivity contribution in [1.82, 2.24) is 20.0 Å². The van der Waals surface area contributed by atoms with Gasteiger partial charge in [-0.3, -0.25) is 9.48 Å². The standard InChI is InChI=1S/C17H28N4O/c1-2-21-13-16(12-19-21)15-6-9-20(10-7-15)17(22)4-3-14-5-8-18-11-14/h12-15,18H,2-11H2,1H3. The molecule has 2 aliphatic heterocycles. The summed E-state index contributed by atoms with van der Waals surface area (Å²) in [5.74, 6) is 1.64. The van der Waals surface area contributed by atoms with Crippen LogP contribution in [0.3, 0.4) is 0 Å². The monoisotopic (exact) mass is 304 g/mol. The Morgan fingerprint density at radius 2 is 2.18 bits per heavy atom. The van der Waals surface area contributed by atoms with Crippen molar-refractivity contribution in [3.05, 3.63) is 18.0 Å². The molecule has 0 saturated carbocycles. The van der Waals surface area contributed by atoms with Crippen LogP contribution in [-0.4, -0.2) is 46.8 Å². The van der Waals surface area contributed by atoms with Gasteiger partial charge in [-0.15, -0.1) is 0 Å². The smallest absolute Gasteiger partial charge is 0.222 e. The number of carbonyl (C=O) groups excluding carboxylic acids is 1. The Morgan fingerprint density at radius 3 is 2.82 bits per heavy atom. The third-order valence-electron chi connectivity index (χ3n) is 5.23. The number of hydrogen-bond donors (Lipinski definition) is 1. The lowest BCUT2D eigenvalue weighted by Gasteiger charge is -2.32. The lowest BCUT2D eigenvalue weighted by molar-refractivity contribution is -0.132. The van der Waals surface area contributed by atoms with Gasteiger partial charge >= 0.3 is 0 Å². The molecule has 22 heavy (non-hydrogen) atoms. The summed E-state index contributed by atoms with van der Waals surface area (Å²) in [4.78, 5) is 14.4. The molecule has 2 aliphatic rings. The van der Waals surface area contributed by atoms with Gasteiger partial charge in [-0.1, -0.05) is 0 Å². The highest BCUT2D eigenvalue weighted by atomic mass is 16.2. The average Bonchev–Trinajstić information content (AvgIpc) is 3.24. The Kier molecular flexibility index (Phi) is 5.13. The van der Waals surface area contributed by atoms with Crippen LogP contribution < -0.4 is 5.32 Å². The van der Waals surface area contributed by atoms with E-state index in [4.69, 9.17) is 0 Å². The fourth-order valence-electron chi connectivity index (χ4n) is 3.67. The molecule has 1 aromatic rings. The second-order valence-corrected chi connectivity index (χ2v) is 6.68. The van der Waals surface area contributed by atoms with Crippen molar-refractivity contribution in [2.75, 3.05) is 26.2 Å². The average molecular weight is 304 g/mol.